The van der Waals surface area contributed by atoms with Crippen LogP contribution in [0, 0.1) is 4.77 Å². The van der Waals surface area contributed by atoms with Crippen LogP contribution in [0.15, 0.2) is 26.6 Å². The molecule has 0 spiro atoms. The summed E-state index contributed by atoms with van der Waals surface area (Å²) in [6, 6.07) is 0. The van der Waals surface area contributed by atoms with E-state index in [-0.39, 0.29) is 17.0 Å². The zero-order chi connectivity index (χ0) is 18.0. The van der Waals surface area contributed by atoms with E-state index in [1.54, 1.807) is 10.6 Å². The van der Waals surface area contributed by atoms with Gasteiger partial charge in [0, 0.05) is 18.8 Å². The van der Waals surface area contributed by atoms with Gasteiger partial charge in [-0.2, -0.15) is 0 Å². The Kier molecular flexibility index (Phi) is 5.59. The number of hydrogen-bond donors (Lipinski definition) is 1. The second-order valence-corrected chi connectivity index (χ2v) is 6.07. The number of nitrogens with zero attached hydrogens (tertiary/aromatic N) is 3. The van der Waals surface area contributed by atoms with Crippen LogP contribution in [-0.2, 0) is 13.1 Å². The second kappa shape index (κ2) is 7.30. The Morgan fingerprint density at radius 2 is 1.67 bits per heavy atom. The van der Waals surface area contributed by atoms with Crippen LogP contribution in [0.25, 0.3) is 6.08 Å². The molecule has 24 heavy (non-hydrogen) atoms. The van der Waals surface area contributed by atoms with Gasteiger partial charge in [-0.05, 0) is 63.1 Å². The van der Waals surface area contributed by atoms with Gasteiger partial charge in [0.15, 0.2) is 4.77 Å². The maximum atomic E-state index is 12.7. The van der Waals surface area contributed by atoms with Gasteiger partial charge in [-0.15, -0.1) is 0 Å². The highest BCUT2D eigenvalue weighted by Gasteiger charge is 2.21. The van der Waals surface area contributed by atoms with Gasteiger partial charge in [0.05, 0.1) is 5.70 Å². The van der Waals surface area contributed by atoms with E-state index in [1.165, 1.54) is 10.1 Å². The smallest absolute Gasteiger partial charge is 0.265 e. The van der Waals surface area contributed by atoms with Gasteiger partial charge >= 0.3 is 0 Å². The zero-order valence-electron chi connectivity index (χ0n) is 15.0. The molecular weight excluding hydrogens is 322 g/mol. The maximum absolute atomic E-state index is 12.7. The van der Waals surface area contributed by atoms with Crippen LogP contribution in [0.2, 0.25) is 0 Å². The summed E-state index contributed by atoms with van der Waals surface area (Å²) in [4.78, 5) is 17.4. The van der Waals surface area contributed by atoms with Gasteiger partial charge in [0.1, 0.15) is 5.56 Å². The minimum atomic E-state index is -0.273. The Hall–Kier alpha value is -1.95. The quantitative estimate of drug-likeness (QED) is 0.817. The molecule has 0 amide bonds. The zero-order valence-corrected chi connectivity index (χ0v) is 15.8. The van der Waals surface area contributed by atoms with Crippen molar-refractivity contribution in [3.05, 3.63) is 37.5 Å². The van der Waals surface area contributed by atoms with Crippen molar-refractivity contribution >= 4 is 24.0 Å². The molecule has 0 aliphatic carbocycles. The second-order valence-electron chi connectivity index (χ2n) is 5.70. The normalized spacial score (nSPS) is 16.2. The van der Waals surface area contributed by atoms with E-state index in [9.17, 15) is 9.90 Å². The minimum absolute atomic E-state index is 0.0852. The van der Waals surface area contributed by atoms with Gasteiger partial charge in [-0.25, -0.2) is 0 Å². The van der Waals surface area contributed by atoms with E-state index in [0.717, 1.165) is 29.8 Å². The van der Waals surface area contributed by atoms with Crippen molar-refractivity contribution in [3.8, 4) is 5.88 Å². The molecule has 5 nitrogen and oxygen atoms in total. The summed E-state index contributed by atoms with van der Waals surface area (Å²) in [6.07, 6.45) is 3.45. The lowest BCUT2D eigenvalue weighted by atomic mass is 10.00. The van der Waals surface area contributed by atoms with Crippen LogP contribution in [-0.4, -0.2) is 20.0 Å². The third-order valence-electron chi connectivity index (χ3n) is 4.45. The van der Waals surface area contributed by atoms with Crippen molar-refractivity contribution < 1.29 is 5.11 Å². The SMILES string of the molecule is CCC1=C(CC)/C(=C/c2c(O)n(CC)c(=S)n(CC)c2=O)N=C1C. The molecule has 6 heteroatoms. The third kappa shape index (κ3) is 2.90. The molecule has 0 saturated heterocycles. The monoisotopic (exact) mass is 347 g/mol. The lowest BCUT2D eigenvalue weighted by Gasteiger charge is -2.14. The molecule has 0 saturated carbocycles. The fourth-order valence-electron chi connectivity index (χ4n) is 3.21. The number of allylic oxidation sites excluding steroid dienone is 2. The number of rotatable bonds is 5. The average molecular weight is 347 g/mol. The van der Waals surface area contributed by atoms with Gasteiger partial charge < -0.3 is 5.11 Å². The largest absolute Gasteiger partial charge is 0.494 e. The van der Waals surface area contributed by atoms with Gasteiger partial charge in [0.25, 0.3) is 5.56 Å². The molecular formula is C18H25N3O2S. The highest BCUT2D eigenvalue weighted by molar-refractivity contribution is 7.71. The Bertz CT molecular complexity index is 869. The van der Waals surface area contributed by atoms with Crippen LogP contribution in [0.3, 0.4) is 0 Å². The Morgan fingerprint density at radius 1 is 1.08 bits per heavy atom. The van der Waals surface area contributed by atoms with E-state index < -0.39 is 0 Å². The molecule has 130 valence electrons. The Labute approximate surface area is 147 Å². The van der Waals surface area contributed by atoms with Crippen molar-refractivity contribution in [1.82, 2.24) is 9.13 Å². The summed E-state index contributed by atoms with van der Waals surface area (Å²) in [7, 11) is 0. The number of hydrogen-bond acceptors (Lipinski definition) is 4. The molecule has 1 aromatic heterocycles. The van der Waals surface area contributed by atoms with Crippen LogP contribution in [0.1, 0.15) is 53.0 Å². The lowest BCUT2D eigenvalue weighted by molar-refractivity contribution is 0.399. The summed E-state index contributed by atoms with van der Waals surface area (Å²) >= 11 is 5.32. The fourth-order valence-corrected chi connectivity index (χ4v) is 3.64. The standard InChI is InChI=1S/C18H25N3O2S/c1-6-12-11(5)19-15(13(12)7-2)10-14-16(22)20(8-3)18(24)21(9-4)17(14)23/h10,22H,6-9H2,1-5H3/b15-10-. The molecule has 2 rings (SSSR count). The van der Waals surface area contributed by atoms with Crippen LogP contribution in [0.4, 0.5) is 0 Å². The summed E-state index contributed by atoms with van der Waals surface area (Å²) in [5.74, 6) is -0.0852. The van der Waals surface area contributed by atoms with Crippen LogP contribution < -0.4 is 5.56 Å². The van der Waals surface area contributed by atoms with E-state index in [2.05, 4.69) is 18.8 Å². The van der Waals surface area contributed by atoms with Gasteiger partial charge in [0.2, 0.25) is 5.88 Å². The molecule has 0 fully saturated rings. The van der Waals surface area contributed by atoms with Crippen LogP contribution in [0.5, 0.6) is 5.88 Å². The predicted octanol–water partition coefficient (Wildman–Crippen LogP) is 4.06. The first kappa shape index (κ1) is 18.4. The average Bonchev–Trinajstić information content (AvgIpc) is 2.86. The predicted molar refractivity (Wildman–Crippen MR) is 101 cm³/mol. The van der Waals surface area contributed by atoms with E-state index in [1.807, 2.05) is 20.8 Å². The highest BCUT2D eigenvalue weighted by atomic mass is 32.1. The number of aromatic nitrogens is 2. The topological polar surface area (TPSA) is 59.5 Å². The highest BCUT2D eigenvalue weighted by Crippen LogP contribution is 2.32. The van der Waals surface area contributed by atoms with Crippen molar-refractivity contribution in [2.24, 2.45) is 4.99 Å². The number of aliphatic imine (C=N–C) groups is 1. The first-order valence-corrected chi connectivity index (χ1v) is 8.88. The van der Waals surface area contributed by atoms with Crippen LogP contribution >= 0.6 is 12.2 Å². The van der Waals surface area contributed by atoms with Crippen molar-refractivity contribution in [2.75, 3.05) is 0 Å². The maximum Gasteiger partial charge on any atom is 0.265 e. The van der Waals surface area contributed by atoms with E-state index >= 15 is 0 Å². The van der Waals surface area contributed by atoms with E-state index in [4.69, 9.17) is 12.2 Å². The first-order chi connectivity index (χ1) is 11.4. The van der Waals surface area contributed by atoms with Crippen molar-refractivity contribution in [3.63, 3.8) is 0 Å². The molecule has 0 unspecified atom stereocenters. The number of aromatic hydroxyl groups is 1. The summed E-state index contributed by atoms with van der Waals surface area (Å²) < 4.78 is 3.43. The molecule has 0 atom stereocenters. The van der Waals surface area contributed by atoms with Crippen molar-refractivity contribution in [1.29, 1.82) is 0 Å². The lowest BCUT2D eigenvalue weighted by Crippen LogP contribution is -2.26. The Balaban J connectivity index is 2.78. The molecule has 1 aliphatic heterocycles. The third-order valence-corrected chi connectivity index (χ3v) is 4.89. The van der Waals surface area contributed by atoms with Gasteiger partial charge in [-0.1, -0.05) is 13.8 Å². The molecule has 2 heterocycles. The summed E-state index contributed by atoms with van der Waals surface area (Å²) in [5.41, 5.74) is 4.10. The molecule has 0 radical (unpaired) electrons. The molecule has 0 aromatic carbocycles. The van der Waals surface area contributed by atoms with Gasteiger partial charge in [-0.3, -0.25) is 18.9 Å². The molecule has 1 aliphatic rings. The first-order valence-electron chi connectivity index (χ1n) is 8.47. The minimum Gasteiger partial charge on any atom is -0.494 e. The summed E-state index contributed by atoms with van der Waals surface area (Å²) in [5, 5.41) is 10.6. The summed E-state index contributed by atoms with van der Waals surface area (Å²) in [6.45, 7) is 10.9. The van der Waals surface area contributed by atoms with E-state index in [0.29, 0.717) is 17.9 Å². The fraction of sp³-hybridized carbons (Fsp3) is 0.500. The van der Waals surface area contributed by atoms with Crippen molar-refractivity contribution in [2.45, 2.75) is 60.5 Å². The molecule has 1 N–H and O–H groups in total. The molecule has 0 bridgehead atoms. The Morgan fingerprint density at radius 3 is 2.17 bits per heavy atom. The molecule has 1 aromatic rings.